The summed E-state index contributed by atoms with van der Waals surface area (Å²) < 4.78 is 0.976. The highest BCUT2D eigenvalue weighted by molar-refractivity contribution is 9.10. The molecule has 0 aliphatic heterocycles. The zero-order valence-corrected chi connectivity index (χ0v) is 8.28. The number of hydrogen-bond acceptors (Lipinski definition) is 0. The average molecular weight is 265 g/mol. The van der Waals surface area contributed by atoms with E-state index in [1.165, 1.54) is 6.07 Å². The van der Waals surface area contributed by atoms with Crippen LogP contribution in [0.1, 0.15) is 5.56 Å². The summed E-state index contributed by atoms with van der Waals surface area (Å²) in [4.78, 5) is 0. The van der Waals surface area contributed by atoms with E-state index in [0.29, 0.717) is 5.33 Å². The molecule has 0 saturated heterocycles. The third-order valence-corrected chi connectivity index (χ3v) is 2.54. The molecule has 3 heteroatoms. The van der Waals surface area contributed by atoms with Crippen molar-refractivity contribution in [2.75, 3.05) is 0 Å². The minimum atomic E-state index is 0.0534. The summed E-state index contributed by atoms with van der Waals surface area (Å²) in [6.45, 7) is 0. The van der Waals surface area contributed by atoms with Crippen LogP contribution in [0.4, 0.5) is 0 Å². The Bertz CT molecular complexity index is 235. The van der Waals surface area contributed by atoms with Crippen molar-refractivity contribution in [3.63, 3.8) is 0 Å². The average Bonchev–Trinajstić information content (AvgIpc) is 1.94. The summed E-state index contributed by atoms with van der Waals surface area (Å²) in [7, 11) is 0. The van der Waals surface area contributed by atoms with Gasteiger partial charge in [-0.2, -0.15) is 0 Å². The summed E-state index contributed by atoms with van der Waals surface area (Å²) in [5.74, 6) is 0.0534. The minimum absolute atomic E-state index is 0.0534. The van der Waals surface area contributed by atoms with Crippen LogP contribution in [0.15, 0.2) is 22.7 Å². The molecule has 10 heavy (non-hydrogen) atoms. The maximum atomic E-state index is 10.8. The molecule has 0 aromatic heterocycles. The Kier molecular flexibility index (Phi) is 2.74. The predicted octanol–water partition coefficient (Wildman–Crippen LogP) is 3.49. The van der Waals surface area contributed by atoms with E-state index < -0.39 is 0 Å². The Morgan fingerprint density at radius 3 is 2.60 bits per heavy atom. The molecule has 1 rings (SSSR count). The maximum absolute atomic E-state index is 10.8. The van der Waals surface area contributed by atoms with Crippen molar-refractivity contribution in [2.45, 2.75) is 5.33 Å². The zero-order chi connectivity index (χ0) is 7.56. The van der Waals surface area contributed by atoms with E-state index in [4.69, 9.17) is 0 Å². The van der Waals surface area contributed by atoms with Gasteiger partial charge in [-0.3, -0.25) is 5.11 Å². The van der Waals surface area contributed by atoms with Gasteiger partial charge in [-0.25, -0.2) is 0 Å². The molecule has 0 atom stereocenters. The number of halogens is 2. The molecule has 0 N–H and O–H groups in total. The van der Waals surface area contributed by atoms with E-state index in [-0.39, 0.29) is 5.75 Å². The van der Waals surface area contributed by atoms with Crippen LogP contribution in [0, 0.1) is 0 Å². The molecule has 0 aliphatic carbocycles. The van der Waals surface area contributed by atoms with Crippen LogP contribution in [-0.4, -0.2) is 0 Å². The molecule has 53 valence electrons. The number of alkyl halides is 1. The molecule has 1 aromatic carbocycles. The molecule has 1 radical (unpaired) electrons. The third-order valence-electron chi connectivity index (χ3n) is 1.16. The normalized spacial score (nSPS) is 9.80. The SMILES string of the molecule is [O]c1ccc(Br)c(CBr)c1. The lowest BCUT2D eigenvalue weighted by atomic mass is 10.2. The Hall–Kier alpha value is -0.0200. The standard InChI is InChI=1S/C7H5Br2O/c8-4-5-3-6(10)1-2-7(5)9/h1-3H,4H2. The Morgan fingerprint density at radius 1 is 1.40 bits per heavy atom. The van der Waals surface area contributed by atoms with E-state index in [2.05, 4.69) is 31.9 Å². The lowest BCUT2D eigenvalue weighted by molar-refractivity contribution is 0.354. The lowest BCUT2D eigenvalue weighted by Crippen LogP contribution is -1.77. The molecule has 1 nitrogen and oxygen atoms in total. The molecule has 0 aliphatic rings. The van der Waals surface area contributed by atoms with Crippen LogP contribution in [-0.2, 0) is 10.4 Å². The molecule has 0 amide bonds. The summed E-state index contributed by atoms with van der Waals surface area (Å²) in [6.07, 6.45) is 0. The minimum Gasteiger partial charge on any atom is -0.290 e. The van der Waals surface area contributed by atoms with Gasteiger partial charge >= 0.3 is 0 Å². The summed E-state index contributed by atoms with van der Waals surface area (Å²) in [6, 6.07) is 4.91. The summed E-state index contributed by atoms with van der Waals surface area (Å²) in [5, 5.41) is 11.5. The quantitative estimate of drug-likeness (QED) is 0.692. The maximum Gasteiger partial charge on any atom is 0.179 e. The van der Waals surface area contributed by atoms with Crippen molar-refractivity contribution in [1.29, 1.82) is 0 Å². The van der Waals surface area contributed by atoms with Crippen molar-refractivity contribution >= 4 is 31.9 Å². The highest BCUT2D eigenvalue weighted by Gasteiger charge is 1.98. The monoisotopic (exact) mass is 263 g/mol. The first-order valence-electron chi connectivity index (χ1n) is 2.75. The molecule has 0 spiro atoms. The Labute approximate surface area is 76.3 Å². The molecular weight excluding hydrogens is 260 g/mol. The largest absolute Gasteiger partial charge is 0.290 e. The van der Waals surface area contributed by atoms with Gasteiger partial charge in [0.05, 0.1) is 0 Å². The second-order valence-corrected chi connectivity index (χ2v) is 3.30. The Morgan fingerprint density at radius 2 is 2.10 bits per heavy atom. The second kappa shape index (κ2) is 3.39. The van der Waals surface area contributed by atoms with E-state index in [1.807, 2.05) is 0 Å². The van der Waals surface area contributed by atoms with Crippen molar-refractivity contribution in [2.24, 2.45) is 0 Å². The molecule has 0 fully saturated rings. The van der Waals surface area contributed by atoms with Crippen LogP contribution in [0.25, 0.3) is 0 Å². The lowest BCUT2D eigenvalue weighted by Gasteiger charge is -1.97. The third kappa shape index (κ3) is 1.73. The molecular formula is C7H5Br2O. The highest BCUT2D eigenvalue weighted by atomic mass is 79.9. The number of hydrogen-bond donors (Lipinski definition) is 0. The van der Waals surface area contributed by atoms with Crippen molar-refractivity contribution < 1.29 is 5.11 Å². The fourth-order valence-electron chi connectivity index (χ4n) is 0.654. The molecule has 1 aromatic rings. The fraction of sp³-hybridized carbons (Fsp3) is 0.143. The van der Waals surface area contributed by atoms with E-state index in [0.717, 1.165) is 10.0 Å². The first-order valence-corrected chi connectivity index (χ1v) is 4.67. The van der Waals surface area contributed by atoms with Gasteiger partial charge in [0.1, 0.15) is 0 Å². The smallest absolute Gasteiger partial charge is 0.179 e. The van der Waals surface area contributed by atoms with Crippen LogP contribution in [0.5, 0.6) is 5.75 Å². The van der Waals surface area contributed by atoms with Crippen molar-refractivity contribution in [3.05, 3.63) is 28.2 Å². The van der Waals surface area contributed by atoms with E-state index >= 15 is 0 Å². The summed E-state index contributed by atoms with van der Waals surface area (Å²) >= 11 is 6.60. The van der Waals surface area contributed by atoms with Gasteiger partial charge in [-0.15, -0.1) is 0 Å². The first kappa shape index (κ1) is 8.08. The molecule has 0 bridgehead atoms. The van der Waals surface area contributed by atoms with Gasteiger partial charge < -0.3 is 0 Å². The molecule has 0 saturated carbocycles. The van der Waals surface area contributed by atoms with E-state index in [9.17, 15) is 5.11 Å². The Balaban J connectivity index is 3.09. The van der Waals surface area contributed by atoms with Gasteiger partial charge in [0.2, 0.25) is 0 Å². The van der Waals surface area contributed by atoms with Crippen LogP contribution in [0.2, 0.25) is 0 Å². The second-order valence-electron chi connectivity index (χ2n) is 1.89. The van der Waals surface area contributed by atoms with Crippen LogP contribution in [0.3, 0.4) is 0 Å². The van der Waals surface area contributed by atoms with E-state index in [1.54, 1.807) is 12.1 Å². The first-order chi connectivity index (χ1) is 4.74. The van der Waals surface area contributed by atoms with Crippen LogP contribution < -0.4 is 0 Å². The molecule has 0 heterocycles. The number of rotatable bonds is 1. The summed E-state index contributed by atoms with van der Waals surface area (Å²) in [5.41, 5.74) is 0.993. The van der Waals surface area contributed by atoms with Crippen LogP contribution >= 0.6 is 31.9 Å². The molecule has 0 unspecified atom stereocenters. The number of benzene rings is 1. The van der Waals surface area contributed by atoms with Crippen molar-refractivity contribution in [3.8, 4) is 5.75 Å². The highest BCUT2D eigenvalue weighted by Crippen LogP contribution is 2.23. The zero-order valence-electron chi connectivity index (χ0n) is 5.10. The van der Waals surface area contributed by atoms with Gasteiger partial charge in [-0.05, 0) is 23.8 Å². The fourth-order valence-corrected chi connectivity index (χ4v) is 1.88. The topological polar surface area (TPSA) is 19.9 Å². The van der Waals surface area contributed by atoms with Gasteiger partial charge in [0, 0.05) is 9.80 Å². The van der Waals surface area contributed by atoms with Gasteiger partial charge in [0.25, 0.3) is 0 Å². The van der Waals surface area contributed by atoms with Gasteiger partial charge in [-0.1, -0.05) is 31.9 Å². The predicted molar refractivity (Wildman–Crippen MR) is 46.9 cm³/mol. The van der Waals surface area contributed by atoms with Crippen molar-refractivity contribution in [1.82, 2.24) is 0 Å². The van der Waals surface area contributed by atoms with Gasteiger partial charge in [0.15, 0.2) is 5.75 Å².